The van der Waals surface area contributed by atoms with E-state index in [1.54, 1.807) is 6.07 Å². The molecule has 1 fully saturated rings. The van der Waals surface area contributed by atoms with Crippen molar-refractivity contribution in [1.29, 1.82) is 0 Å². The van der Waals surface area contributed by atoms with E-state index >= 15 is 0 Å². The molecule has 5 nitrogen and oxygen atoms in total. The van der Waals surface area contributed by atoms with Crippen LogP contribution in [0.4, 0.5) is 8.78 Å². The van der Waals surface area contributed by atoms with Crippen molar-refractivity contribution in [2.24, 2.45) is 5.92 Å². The number of halogens is 2. The lowest BCUT2D eigenvalue weighted by molar-refractivity contribution is -0.148. The zero-order valence-corrected chi connectivity index (χ0v) is 18.6. The molecule has 2 heterocycles. The number of carboxylic acid groups (broad SMARTS) is 1. The third-order valence-electron chi connectivity index (χ3n) is 5.65. The number of carboxylic acids is 1. The minimum atomic E-state index is -3.42. The van der Waals surface area contributed by atoms with E-state index in [9.17, 15) is 23.5 Å². The van der Waals surface area contributed by atoms with Crippen molar-refractivity contribution in [3.63, 3.8) is 0 Å². The summed E-state index contributed by atoms with van der Waals surface area (Å²) in [6, 6.07) is 12.1. The van der Waals surface area contributed by atoms with Gasteiger partial charge in [0.15, 0.2) is 0 Å². The molecule has 2 N–H and O–H groups in total. The van der Waals surface area contributed by atoms with Gasteiger partial charge < -0.3 is 15.1 Å². The van der Waals surface area contributed by atoms with Crippen LogP contribution in [-0.2, 0) is 17.6 Å². The number of rotatable bonds is 10. The lowest BCUT2D eigenvalue weighted by atomic mass is 9.95. The second kappa shape index (κ2) is 10.4. The summed E-state index contributed by atoms with van der Waals surface area (Å²) < 4.78 is 28.2. The Morgan fingerprint density at radius 2 is 2.00 bits per heavy atom. The van der Waals surface area contributed by atoms with E-state index in [1.165, 1.54) is 18.2 Å². The molecule has 3 atom stereocenters. The average molecular weight is 464 g/mol. The predicted molar refractivity (Wildman–Crippen MR) is 119 cm³/mol. The highest BCUT2D eigenvalue weighted by molar-refractivity contribution is 7.13. The molecule has 0 aliphatic carbocycles. The fourth-order valence-corrected chi connectivity index (χ4v) is 4.74. The highest BCUT2D eigenvalue weighted by atomic mass is 32.1. The first kappa shape index (κ1) is 24.1. The minimum Gasteiger partial charge on any atom is -0.477 e. The second-order valence-corrected chi connectivity index (χ2v) is 9.36. The smallest absolute Gasteiger partial charge is 0.345 e. The number of aliphatic hydroxyl groups excluding tert-OH is 1. The van der Waals surface area contributed by atoms with E-state index < -0.39 is 36.4 Å². The molecule has 1 amide bonds. The number of carbonyl (C=O) groups excluding carboxylic acids is 1. The highest BCUT2D eigenvalue weighted by Gasteiger charge is 2.52. The van der Waals surface area contributed by atoms with Gasteiger partial charge >= 0.3 is 11.9 Å². The number of hydrogen-bond acceptors (Lipinski definition) is 4. The van der Waals surface area contributed by atoms with Gasteiger partial charge in [-0.1, -0.05) is 49.4 Å². The van der Waals surface area contributed by atoms with Crippen LogP contribution in [0.5, 0.6) is 0 Å². The molecule has 0 radical (unpaired) electrons. The van der Waals surface area contributed by atoms with Crippen LogP contribution >= 0.6 is 11.3 Å². The van der Waals surface area contributed by atoms with E-state index in [2.05, 4.69) is 0 Å². The van der Waals surface area contributed by atoms with Gasteiger partial charge in [0.2, 0.25) is 0 Å². The van der Waals surface area contributed by atoms with Gasteiger partial charge in [0.05, 0.1) is 12.1 Å². The number of thiophene rings is 1. The number of carbonyl (C=O) groups is 2. The Kier molecular flexibility index (Phi) is 7.79. The van der Waals surface area contributed by atoms with Crippen LogP contribution in [0.25, 0.3) is 0 Å². The number of aryl methyl sites for hydroxylation is 1. The molecule has 32 heavy (non-hydrogen) atoms. The van der Waals surface area contributed by atoms with Crippen molar-refractivity contribution >= 4 is 23.2 Å². The largest absolute Gasteiger partial charge is 0.477 e. The number of alkyl halides is 2. The first-order chi connectivity index (χ1) is 15.2. The molecule has 1 unspecified atom stereocenters. The molecule has 172 valence electrons. The van der Waals surface area contributed by atoms with Crippen LogP contribution in [0.3, 0.4) is 0 Å². The van der Waals surface area contributed by atoms with Crippen LogP contribution in [0.2, 0.25) is 0 Å². The Balaban J connectivity index is 1.59. The number of amides is 1. The number of hydrogen-bond donors (Lipinski definition) is 2. The van der Waals surface area contributed by atoms with Gasteiger partial charge in [0, 0.05) is 17.8 Å². The van der Waals surface area contributed by atoms with E-state index in [4.69, 9.17) is 5.11 Å². The lowest BCUT2D eigenvalue weighted by Crippen LogP contribution is -2.37. The van der Waals surface area contributed by atoms with Crippen molar-refractivity contribution in [2.45, 2.75) is 50.7 Å². The van der Waals surface area contributed by atoms with Gasteiger partial charge in [0.25, 0.3) is 5.91 Å². The van der Waals surface area contributed by atoms with Crippen molar-refractivity contribution in [3.8, 4) is 0 Å². The van der Waals surface area contributed by atoms with Gasteiger partial charge in [-0.2, -0.15) is 8.78 Å². The number of aliphatic hydroxyl groups is 1. The molecule has 0 saturated carbocycles. The molecule has 2 aromatic rings. The van der Waals surface area contributed by atoms with E-state index in [1.807, 2.05) is 37.3 Å². The summed E-state index contributed by atoms with van der Waals surface area (Å²) >= 11 is 1.14. The number of likely N-dealkylation sites (tertiary alicyclic amines) is 1. The number of aromatic carboxylic acids is 1. The first-order valence-corrected chi connectivity index (χ1v) is 11.4. The number of nitrogens with zero attached hydrogens (tertiary/aromatic N) is 1. The Bertz CT molecular complexity index is 960. The van der Waals surface area contributed by atoms with Crippen molar-refractivity contribution in [1.82, 2.24) is 4.90 Å². The molecule has 3 rings (SSSR count). The zero-order chi connectivity index (χ0) is 23.3. The molecule has 1 aliphatic heterocycles. The summed E-state index contributed by atoms with van der Waals surface area (Å²) in [4.78, 5) is 25.4. The quantitative estimate of drug-likeness (QED) is 0.512. The summed E-state index contributed by atoms with van der Waals surface area (Å²) in [6.45, 7) is 2.03. The van der Waals surface area contributed by atoms with E-state index in [-0.39, 0.29) is 17.3 Å². The maximum Gasteiger partial charge on any atom is 0.345 e. The Morgan fingerprint density at radius 3 is 2.66 bits per heavy atom. The van der Waals surface area contributed by atoms with E-state index in [0.717, 1.165) is 26.7 Å². The molecule has 1 aliphatic rings. The zero-order valence-electron chi connectivity index (χ0n) is 17.8. The van der Waals surface area contributed by atoms with Crippen LogP contribution in [0.1, 0.15) is 39.9 Å². The van der Waals surface area contributed by atoms with Crippen molar-refractivity contribution < 1.29 is 28.6 Å². The Hall–Kier alpha value is -2.58. The summed E-state index contributed by atoms with van der Waals surface area (Å²) in [6.07, 6.45) is 3.19. The van der Waals surface area contributed by atoms with Gasteiger partial charge in [-0.3, -0.25) is 4.79 Å². The summed E-state index contributed by atoms with van der Waals surface area (Å²) in [5.41, 5.74) is 1.08. The molecule has 1 aromatic heterocycles. The summed E-state index contributed by atoms with van der Waals surface area (Å²) in [5, 5.41) is 19.5. The second-order valence-electron chi connectivity index (χ2n) is 8.19. The molecular weight excluding hydrogens is 436 g/mol. The minimum absolute atomic E-state index is 0.109. The van der Waals surface area contributed by atoms with Gasteiger partial charge in [-0.25, -0.2) is 4.79 Å². The molecule has 1 aromatic carbocycles. The standard InChI is InChI=1S/C24H27F2NO4S/c1-16(14-17-6-3-2-4-7-17)20(28)11-9-18-15-24(25,26)23(31)27(18)13-5-8-19-10-12-21(32-19)22(29)30/h2-4,6-7,9-12,16,18,20,28H,5,8,13-15H2,1H3,(H,29,30)/b11-9+/t16-,18?,20+/m0/s1. The Labute approximate surface area is 190 Å². The maximum atomic E-state index is 14.1. The van der Waals surface area contributed by atoms with Crippen LogP contribution < -0.4 is 0 Å². The Morgan fingerprint density at radius 1 is 1.28 bits per heavy atom. The fraction of sp³-hybridized carbons (Fsp3) is 0.417. The number of benzene rings is 1. The van der Waals surface area contributed by atoms with Crippen LogP contribution in [0, 0.1) is 5.92 Å². The van der Waals surface area contributed by atoms with Gasteiger partial charge in [-0.15, -0.1) is 11.3 Å². The van der Waals surface area contributed by atoms with E-state index in [0.29, 0.717) is 19.3 Å². The summed E-state index contributed by atoms with van der Waals surface area (Å²) in [7, 11) is 0. The lowest BCUT2D eigenvalue weighted by Gasteiger charge is -2.22. The molecule has 8 heteroatoms. The summed E-state index contributed by atoms with van der Waals surface area (Å²) in [5.74, 6) is -5.73. The van der Waals surface area contributed by atoms with Gasteiger partial charge in [0.1, 0.15) is 4.88 Å². The third kappa shape index (κ3) is 6.01. The molecular formula is C24H27F2NO4S. The molecule has 1 saturated heterocycles. The average Bonchev–Trinajstić information content (AvgIpc) is 3.31. The first-order valence-electron chi connectivity index (χ1n) is 10.6. The third-order valence-corrected chi connectivity index (χ3v) is 6.78. The van der Waals surface area contributed by atoms with Crippen LogP contribution in [-0.4, -0.2) is 51.6 Å². The fourth-order valence-electron chi connectivity index (χ4n) is 3.85. The molecule has 0 spiro atoms. The van der Waals surface area contributed by atoms with Crippen LogP contribution in [0.15, 0.2) is 54.6 Å². The SMILES string of the molecule is C[C@@H](Cc1ccccc1)[C@H](O)/C=C/C1CC(F)(F)C(=O)N1CCCc1ccc(C(=O)O)s1. The maximum absolute atomic E-state index is 14.1. The molecule has 0 bridgehead atoms. The predicted octanol–water partition coefficient (Wildman–Crippen LogP) is 4.41. The van der Waals surface area contributed by atoms with Crippen molar-refractivity contribution in [2.75, 3.05) is 6.54 Å². The normalized spacial score (nSPS) is 20.1. The van der Waals surface area contributed by atoms with Crippen molar-refractivity contribution in [3.05, 3.63) is 69.9 Å². The highest BCUT2D eigenvalue weighted by Crippen LogP contribution is 2.34. The topological polar surface area (TPSA) is 77.8 Å². The van der Waals surface area contributed by atoms with Gasteiger partial charge in [-0.05, 0) is 42.9 Å². The monoisotopic (exact) mass is 463 g/mol.